The Morgan fingerprint density at radius 2 is 0.857 bits per heavy atom. The first-order chi connectivity index (χ1) is 24.1. The van der Waals surface area contributed by atoms with Crippen LogP contribution in [0.15, 0.2) is 18.2 Å². The van der Waals surface area contributed by atoms with Crippen molar-refractivity contribution < 1.29 is 57.2 Å². The zero-order valence-electron chi connectivity index (χ0n) is 29.0. The monoisotopic (exact) mass is 707 g/mol. The van der Waals surface area contributed by atoms with Crippen molar-refractivity contribution in [1.82, 2.24) is 0 Å². The number of hydrogen-bond acceptors (Lipinski definition) is 15. The Morgan fingerprint density at radius 3 is 1.20 bits per heavy atom. The highest BCUT2D eigenvalue weighted by molar-refractivity contribution is 5.65. The van der Waals surface area contributed by atoms with E-state index in [0.29, 0.717) is 125 Å². The number of non-ortho nitro benzene ring substituents is 1. The number of benzene rings is 1. The Bertz CT molecular complexity index is 931. The Hall–Kier alpha value is -2.58. The Balaban J connectivity index is 1.72. The molecule has 49 heavy (non-hydrogen) atoms. The lowest BCUT2D eigenvalue weighted by Gasteiger charge is -2.09. The maximum Gasteiger partial charge on any atom is 0.299 e. The number of nitrogens with zero attached hydrogens (tertiary/aromatic N) is 2. The molecule has 0 heterocycles. The van der Waals surface area contributed by atoms with E-state index >= 15 is 0 Å². The van der Waals surface area contributed by atoms with Gasteiger partial charge >= 0.3 is 0 Å². The van der Waals surface area contributed by atoms with Gasteiger partial charge in [0.2, 0.25) is 0 Å². The average Bonchev–Trinajstić information content (AvgIpc) is 3.09. The van der Waals surface area contributed by atoms with Gasteiger partial charge in [-0.05, 0) is 12.5 Å². The molecule has 0 amide bonds. The van der Waals surface area contributed by atoms with Crippen LogP contribution in [0.4, 0.5) is 17.1 Å². The second-order valence-electron chi connectivity index (χ2n) is 10.3. The summed E-state index contributed by atoms with van der Waals surface area (Å²) in [5.41, 5.74) is -0.520. The molecule has 17 heteroatoms. The van der Waals surface area contributed by atoms with Crippen molar-refractivity contribution in [2.45, 2.75) is 32.6 Å². The summed E-state index contributed by atoms with van der Waals surface area (Å²) in [6.07, 6.45) is 4.85. The molecule has 0 unspecified atom stereocenters. The summed E-state index contributed by atoms with van der Waals surface area (Å²) in [6.45, 7) is 12.2. The highest BCUT2D eigenvalue weighted by Crippen LogP contribution is 2.28. The SMILES string of the molecule is CCCCCCOCCOCCOCCOCCOCCOCCOCCOCCOCCOCCNc1ccc([N+](=O)[O-])cc1[N+](=O)[O-]. The van der Waals surface area contributed by atoms with E-state index in [4.69, 9.17) is 47.4 Å². The highest BCUT2D eigenvalue weighted by atomic mass is 16.6. The molecule has 1 rings (SSSR count). The smallest absolute Gasteiger partial charge is 0.299 e. The molecule has 0 aliphatic carbocycles. The minimum absolute atomic E-state index is 0.188. The third-order valence-corrected chi connectivity index (χ3v) is 6.44. The quantitative estimate of drug-likeness (QED) is 0.0595. The Morgan fingerprint density at radius 1 is 0.490 bits per heavy atom. The third kappa shape index (κ3) is 27.9. The first-order valence-electron chi connectivity index (χ1n) is 17.0. The van der Waals surface area contributed by atoms with E-state index in [2.05, 4.69) is 12.2 Å². The van der Waals surface area contributed by atoms with Crippen LogP contribution in [0.25, 0.3) is 0 Å². The molecular weight excluding hydrogens is 650 g/mol. The van der Waals surface area contributed by atoms with Gasteiger partial charge in [-0.2, -0.15) is 0 Å². The molecule has 0 bridgehead atoms. The van der Waals surface area contributed by atoms with E-state index in [-0.39, 0.29) is 23.7 Å². The maximum atomic E-state index is 11.1. The standard InChI is InChI=1S/C32H57N3O14/c1-2-3-4-5-9-40-11-13-42-15-17-44-19-21-46-23-25-48-27-28-49-26-24-47-22-20-45-18-16-43-14-12-41-10-8-33-31-7-6-30(34(36)37)29-32(31)35(38)39/h6-7,29,33H,2-5,8-28H2,1H3. The molecule has 17 nitrogen and oxygen atoms in total. The van der Waals surface area contributed by atoms with Gasteiger partial charge in [-0.25, -0.2) is 0 Å². The van der Waals surface area contributed by atoms with Gasteiger partial charge in [0, 0.05) is 19.2 Å². The number of nitro groups is 2. The van der Waals surface area contributed by atoms with E-state index in [0.717, 1.165) is 19.1 Å². The summed E-state index contributed by atoms with van der Waals surface area (Å²) in [7, 11) is 0. The van der Waals surface area contributed by atoms with Crippen molar-refractivity contribution in [2.24, 2.45) is 0 Å². The third-order valence-electron chi connectivity index (χ3n) is 6.44. The van der Waals surface area contributed by atoms with Gasteiger partial charge in [-0.3, -0.25) is 20.2 Å². The van der Waals surface area contributed by atoms with Crippen molar-refractivity contribution in [1.29, 1.82) is 0 Å². The van der Waals surface area contributed by atoms with E-state index in [1.165, 1.54) is 31.4 Å². The largest absolute Gasteiger partial charge is 0.379 e. The van der Waals surface area contributed by atoms with Crippen LogP contribution in [0.2, 0.25) is 0 Å². The fourth-order valence-corrected chi connectivity index (χ4v) is 3.90. The van der Waals surface area contributed by atoms with Crippen LogP contribution in [0.5, 0.6) is 0 Å². The second-order valence-corrected chi connectivity index (χ2v) is 10.3. The molecule has 0 aliphatic heterocycles. The predicted octanol–water partition coefficient (Wildman–Crippen LogP) is 3.66. The van der Waals surface area contributed by atoms with E-state index in [9.17, 15) is 20.2 Å². The van der Waals surface area contributed by atoms with Crippen molar-refractivity contribution >= 4 is 17.1 Å². The van der Waals surface area contributed by atoms with Gasteiger partial charge in [-0.1, -0.05) is 26.2 Å². The first kappa shape index (κ1) is 44.4. The summed E-state index contributed by atoms with van der Waals surface area (Å²) < 4.78 is 54.6. The number of ether oxygens (including phenoxy) is 10. The van der Waals surface area contributed by atoms with Crippen LogP contribution in [-0.2, 0) is 47.4 Å². The van der Waals surface area contributed by atoms with Crippen LogP contribution in [0.3, 0.4) is 0 Å². The lowest BCUT2D eigenvalue weighted by atomic mass is 10.2. The molecule has 0 saturated heterocycles. The minimum Gasteiger partial charge on any atom is -0.379 e. The van der Waals surface area contributed by atoms with Gasteiger partial charge in [0.1, 0.15) is 5.69 Å². The molecule has 1 aromatic carbocycles. The van der Waals surface area contributed by atoms with Gasteiger partial charge in [0.05, 0.1) is 141 Å². The van der Waals surface area contributed by atoms with Gasteiger partial charge in [0.25, 0.3) is 11.4 Å². The predicted molar refractivity (Wildman–Crippen MR) is 181 cm³/mol. The molecule has 0 aliphatic rings. The number of anilines is 1. The molecule has 284 valence electrons. The van der Waals surface area contributed by atoms with Gasteiger partial charge < -0.3 is 52.7 Å². The lowest BCUT2D eigenvalue weighted by Crippen LogP contribution is -2.16. The first-order valence-corrected chi connectivity index (χ1v) is 17.0. The van der Waals surface area contributed by atoms with Gasteiger partial charge in [0.15, 0.2) is 0 Å². The summed E-state index contributed by atoms with van der Waals surface area (Å²) in [4.78, 5) is 20.6. The van der Waals surface area contributed by atoms with Crippen LogP contribution >= 0.6 is 0 Å². The fourth-order valence-electron chi connectivity index (χ4n) is 3.90. The Kier molecular flexibility index (Phi) is 30.7. The summed E-state index contributed by atoms with van der Waals surface area (Å²) in [5, 5.41) is 24.8. The molecule has 1 N–H and O–H groups in total. The summed E-state index contributed by atoms with van der Waals surface area (Å²) in [5.74, 6) is 0. The van der Waals surface area contributed by atoms with E-state index in [1.807, 2.05) is 0 Å². The van der Waals surface area contributed by atoms with Crippen LogP contribution in [-0.4, -0.2) is 149 Å². The van der Waals surface area contributed by atoms with Gasteiger partial charge in [-0.15, -0.1) is 0 Å². The lowest BCUT2D eigenvalue weighted by molar-refractivity contribution is -0.393. The minimum atomic E-state index is -0.679. The van der Waals surface area contributed by atoms with Crippen molar-refractivity contribution in [2.75, 3.05) is 144 Å². The molecule has 0 atom stereocenters. The number of nitrogens with one attached hydrogen (secondary N) is 1. The molecule has 0 aromatic heterocycles. The molecular formula is C32H57N3O14. The van der Waals surface area contributed by atoms with Crippen LogP contribution in [0.1, 0.15) is 32.6 Å². The zero-order valence-corrected chi connectivity index (χ0v) is 29.0. The van der Waals surface area contributed by atoms with E-state index in [1.54, 1.807) is 0 Å². The second kappa shape index (κ2) is 33.9. The normalized spacial score (nSPS) is 11.3. The topological polar surface area (TPSA) is 191 Å². The molecule has 0 saturated carbocycles. The molecule has 1 aromatic rings. The highest BCUT2D eigenvalue weighted by Gasteiger charge is 2.19. The molecule has 0 radical (unpaired) electrons. The van der Waals surface area contributed by atoms with Crippen molar-refractivity contribution in [3.63, 3.8) is 0 Å². The number of nitro benzene ring substituents is 2. The average molecular weight is 708 g/mol. The van der Waals surface area contributed by atoms with Crippen LogP contribution in [0, 0.1) is 20.2 Å². The zero-order chi connectivity index (χ0) is 35.5. The maximum absolute atomic E-state index is 11.1. The Labute approximate surface area is 289 Å². The number of hydrogen-bond donors (Lipinski definition) is 1. The molecule has 0 fully saturated rings. The molecule has 0 spiro atoms. The summed E-state index contributed by atoms with van der Waals surface area (Å²) >= 11 is 0. The number of unbranched alkanes of at least 4 members (excludes halogenated alkanes) is 3. The van der Waals surface area contributed by atoms with Crippen molar-refractivity contribution in [3.8, 4) is 0 Å². The van der Waals surface area contributed by atoms with E-state index < -0.39 is 9.85 Å². The van der Waals surface area contributed by atoms with Crippen LogP contribution < -0.4 is 5.32 Å². The number of rotatable bonds is 38. The summed E-state index contributed by atoms with van der Waals surface area (Å²) in [6, 6.07) is 3.43. The van der Waals surface area contributed by atoms with Crippen molar-refractivity contribution in [3.05, 3.63) is 38.4 Å². The fraction of sp³-hybridized carbons (Fsp3) is 0.812.